The molecule has 3 N–H and O–H groups in total. The second-order valence-electron chi connectivity index (χ2n) is 4.95. The van der Waals surface area contributed by atoms with Gasteiger partial charge in [-0.15, -0.1) is 0 Å². The van der Waals surface area contributed by atoms with Crippen LogP contribution in [-0.2, 0) is 10.0 Å². The topological polar surface area (TPSA) is 72.2 Å². The molecule has 0 aromatic heterocycles. The van der Waals surface area contributed by atoms with Gasteiger partial charge in [0, 0.05) is 16.2 Å². The monoisotopic (exact) mass is 368 g/mol. The second kappa shape index (κ2) is 6.17. The summed E-state index contributed by atoms with van der Waals surface area (Å²) in [6.07, 6.45) is 0. The smallest absolute Gasteiger partial charge is 0.242 e. The van der Waals surface area contributed by atoms with Crippen LogP contribution in [0.5, 0.6) is 0 Å². The summed E-state index contributed by atoms with van der Waals surface area (Å²) in [6, 6.07) is 11.9. The maximum atomic E-state index is 12.5. The average molecular weight is 369 g/mol. The maximum Gasteiger partial charge on any atom is 0.242 e. The van der Waals surface area contributed by atoms with Crippen molar-refractivity contribution in [2.24, 2.45) is 0 Å². The van der Waals surface area contributed by atoms with Crippen molar-refractivity contribution in [2.75, 3.05) is 5.73 Å². The molecule has 0 spiro atoms. The SMILES string of the molecule is Cc1ccc(S(=O)(=O)NC(C)c2cccc(N)c2)c(Br)c1. The lowest BCUT2D eigenvalue weighted by Crippen LogP contribution is -2.27. The van der Waals surface area contributed by atoms with Crippen LogP contribution in [0, 0.1) is 6.92 Å². The minimum absolute atomic E-state index is 0.226. The van der Waals surface area contributed by atoms with Crippen LogP contribution in [0.25, 0.3) is 0 Å². The Morgan fingerprint density at radius 3 is 2.52 bits per heavy atom. The van der Waals surface area contributed by atoms with Crippen LogP contribution in [-0.4, -0.2) is 8.42 Å². The molecule has 0 saturated heterocycles. The summed E-state index contributed by atoms with van der Waals surface area (Å²) >= 11 is 3.30. The van der Waals surface area contributed by atoms with E-state index in [1.807, 2.05) is 13.0 Å². The van der Waals surface area contributed by atoms with Crippen LogP contribution in [0.4, 0.5) is 5.69 Å². The summed E-state index contributed by atoms with van der Waals surface area (Å²) in [5, 5.41) is 0. The summed E-state index contributed by atoms with van der Waals surface area (Å²) in [7, 11) is -3.61. The Kier molecular flexibility index (Phi) is 4.70. The number of sulfonamides is 1. The number of aryl methyl sites for hydroxylation is 1. The summed E-state index contributed by atoms with van der Waals surface area (Å²) in [4.78, 5) is 0.226. The van der Waals surface area contributed by atoms with Gasteiger partial charge in [-0.2, -0.15) is 0 Å². The van der Waals surface area contributed by atoms with Crippen LogP contribution in [0.2, 0.25) is 0 Å². The molecule has 21 heavy (non-hydrogen) atoms. The molecule has 0 bridgehead atoms. The van der Waals surface area contributed by atoms with Gasteiger partial charge in [0.1, 0.15) is 0 Å². The predicted molar refractivity (Wildman–Crippen MR) is 88.5 cm³/mol. The van der Waals surface area contributed by atoms with E-state index in [0.717, 1.165) is 11.1 Å². The summed E-state index contributed by atoms with van der Waals surface area (Å²) in [6.45, 7) is 3.69. The number of nitrogens with two attached hydrogens (primary N) is 1. The van der Waals surface area contributed by atoms with Crippen LogP contribution < -0.4 is 10.5 Å². The molecule has 1 unspecified atom stereocenters. The van der Waals surface area contributed by atoms with Crippen molar-refractivity contribution < 1.29 is 8.42 Å². The standard InChI is InChI=1S/C15H17BrN2O2S/c1-10-6-7-15(14(16)8-10)21(19,20)18-11(2)12-4-3-5-13(17)9-12/h3-9,11,18H,17H2,1-2H3. The third-order valence-corrected chi connectivity index (χ3v) is 5.64. The lowest BCUT2D eigenvalue weighted by atomic mass is 10.1. The molecule has 2 rings (SSSR count). The van der Waals surface area contributed by atoms with Gasteiger partial charge in [-0.3, -0.25) is 0 Å². The third-order valence-electron chi connectivity index (χ3n) is 3.12. The molecule has 0 heterocycles. The first kappa shape index (κ1) is 16.0. The summed E-state index contributed by atoms with van der Waals surface area (Å²) in [5.41, 5.74) is 8.15. The van der Waals surface area contributed by atoms with Gasteiger partial charge in [0.2, 0.25) is 10.0 Å². The van der Waals surface area contributed by atoms with Gasteiger partial charge < -0.3 is 5.73 Å². The molecule has 2 aromatic carbocycles. The molecule has 0 amide bonds. The average Bonchev–Trinajstić information content (AvgIpc) is 2.37. The number of halogens is 1. The third kappa shape index (κ3) is 3.84. The molecule has 0 aliphatic rings. The molecule has 0 aliphatic carbocycles. The molecule has 0 saturated carbocycles. The van der Waals surface area contributed by atoms with Crippen molar-refractivity contribution in [3.63, 3.8) is 0 Å². The van der Waals surface area contributed by atoms with Gasteiger partial charge in [-0.25, -0.2) is 13.1 Å². The van der Waals surface area contributed by atoms with Gasteiger partial charge in [0.25, 0.3) is 0 Å². The van der Waals surface area contributed by atoms with E-state index in [1.54, 1.807) is 43.3 Å². The van der Waals surface area contributed by atoms with Crippen LogP contribution in [0.1, 0.15) is 24.1 Å². The number of benzene rings is 2. The van der Waals surface area contributed by atoms with E-state index in [4.69, 9.17) is 5.73 Å². The lowest BCUT2D eigenvalue weighted by Gasteiger charge is -2.16. The van der Waals surface area contributed by atoms with Gasteiger partial charge in [-0.1, -0.05) is 18.2 Å². The molecule has 2 aromatic rings. The quantitative estimate of drug-likeness (QED) is 0.812. The molecular formula is C15H17BrN2O2S. The molecule has 112 valence electrons. The van der Waals surface area contributed by atoms with Crippen molar-refractivity contribution in [1.82, 2.24) is 4.72 Å². The van der Waals surface area contributed by atoms with E-state index in [9.17, 15) is 8.42 Å². The second-order valence-corrected chi connectivity index (χ2v) is 7.48. The Morgan fingerprint density at radius 2 is 1.90 bits per heavy atom. The molecule has 1 atom stereocenters. The van der Waals surface area contributed by atoms with E-state index in [-0.39, 0.29) is 10.9 Å². The highest BCUT2D eigenvalue weighted by atomic mass is 79.9. The van der Waals surface area contributed by atoms with Crippen LogP contribution in [0.15, 0.2) is 51.8 Å². The number of hydrogen-bond donors (Lipinski definition) is 2. The first-order valence-electron chi connectivity index (χ1n) is 6.43. The Balaban J connectivity index is 2.29. The molecule has 4 nitrogen and oxygen atoms in total. The Hall–Kier alpha value is -1.37. The predicted octanol–water partition coefficient (Wildman–Crippen LogP) is 3.38. The van der Waals surface area contributed by atoms with E-state index in [2.05, 4.69) is 20.7 Å². The van der Waals surface area contributed by atoms with E-state index in [0.29, 0.717) is 10.2 Å². The van der Waals surface area contributed by atoms with Crippen molar-refractivity contribution in [3.8, 4) is 0 Å². The zero-order chi connectivity index (χ0) is 15.6. The lowest BCUT2D eigenvalue weighted by molar-refractivity contribution is 0.566. The zero-order valence-corrected chi connectivity index (χ0v) is 14.2. The summed E-state index contributed by atoms with van der Waals surface area (Å²) < 4.78 is 28.1. The van der Waals surface area contributed by atoms with Crippen molar-refractivity contribution in [3.05, 3.63) is 58.1 Å². The maximum absolute atomic E-state index is 12.5. The Bertz CT molecular complexity index is 760. The largest absolute Gasteiger partial charge is 0.399 e. The first-order valence-corrected chi connectivity index (χ1v) is 8.71. The van der Waals surface area contributed by atoms with Crippen LogP contribution >= 0.6 is 15.9 Å². The van der Waals surface area contributed by atoms with Gasteiger partial charge in [0.15, 0.2) is 0 Å². The number of nitrogen functional groups attached to an aromatic ring is 1. The molecule has 6 heteroatoms. The molecule has 0 aliphatic heterocycles. The van der Waals surface area contributed by atoms with Gasteiger partial charge >= 0.3 is 0 Å². The minimum Gasteiger partial charge on any atom is -0.399 e. The van der Waals surface area contributed by atoms with E-state index >= 15 is 0 Å². The van der Waals surface area contributed by atoms with Crippen molar-refractivity contribution in [2.45, 2.75) is 24.8 Å². The van der Waals surface area contributed by atoms with Crippen molar-refractivity contribution in [1.29, 1.82) is 0 Å². The fourth-order valence-electron chi connectivity index (χ4n) is 2.02. The molecule has 0 radical (unpaired) electrons. The van der Waals surface area contributed by atoms with E-state index < -0.39 is 10.0 Å². The highest BCUT2D eigenvalue weighted by Crippen LogP contribution is 2.25. The first-order chi connectivity index (χ1) is 9.79. The Morgan fingerprint density at radius 1 is 1.19 bits per heavy atom. The normalized spacial score (nSPS) is 13.1. The highest BCUT2D eigenvalue weighted by molar-refractivity contribution is 9.10. The van der Waals surface area contributed by atoms with E-state index in [1.165, 1.54) is 0 Å². The minimum atomic E-state index is -3.61. The number of nitrogens with one attached hydrogen (secondary N) is 1. The highest BCUT2D eigenvalue weighted by Gasteiger charge is 2.21. The fourth-order valence-corrected chi connectivity index (χ4v) is 4.44. The zero-order valence-electron chi connectivity index (χ0n) is 11.8. The molecule has 0 fully saturated rings. The fraction of sp³-hybridized carbons (Fsp3) is 0.200. The van der Waals surface area contributed by atoms with Gasteiger partial charge in [0.05, 0.1) is 4.90 Å². The van der Waals surface area contributed by atoms with Crippen LogP contribution in [0.3, 0.4) is 0 Å². The number of anilines is 1. The number of hydrogen-bond acceptors (Lipinski definition) is 3. The number of rotatable bonds is 4. The van der Waals surface area contributed by atoms with Crippen molar-refractivity contribution >= 4 is 31.6 Å². The van der Waals surface area contributed by atoms with Gasteiger partial charge in [-0.05, 0) is 65.2 Å². The molecular weight excluding hydrogens is 352 g/mol. The summed E-state index contributed by atoms with van der Waals surface area (Å²) in [5.74, 6) is 0. The Labute approximate surface area is 133 Å².